The van der Waals surface area contributed by atoms with Gasteiger partial charge in [0.2, 0.25) is 0 Å². The second-order valence-corrected chi connectivity index (χ2v) is 13.3. The number of para-hydroxylation sites is 2. The molecular formula is C47H29N3O2. The van der Waals surface area contributed by atoms with Crippen molar-refractivity contribution in [3.05, 3.63) is 180 Å². The molecule has 0 bridgehead atoms. The van der Waals surface area contributed by atoms with Gasteiger partial charge in [-0.25, -0.2) is 9.98 Å². The molecule has 8 aromatic carbocycles. The van der Waals surface area contributed by atoms with E-state index in [-0.39, 0.29) is 0 Å². The Morgan fingerprint density at radius 3 is 1.94 bits per heavy atom. The molecule has 5 nitrogen and oxygen atoms in total. The van der Waals surface area contributed by atoms with Gasteiger partial charge in [0.15, 0.2) is 5.84 Å². The first kappa shape index (κ1) is 28.8. The summed E-state index contributed by atoms with van der Waals surface area (Å²) in [5, 5.41) is 12.7. The number of benzene rings is 8. The molecule has 5 heteroatoms. The number of aliphatic imine (C=N–C) groups is 2. The summed E-state index contributed by atoms with van der Waals surface area (Å²) in [6.07, 6.45) is -0.398. The maximum atomic E-state index is 6.49. The first-order chi connectivity index (χ1) is 25.8. The molecule has 10 aromatic rings. The van der Waals surface area contributed by atoms with Crippen LogP contribution >= 0.6 is 0 Å². The molecule has 0 saturated carbocycles. The van der Waals surface area contributed by atoms with Gasteiger partial charge < -0.3 is 14.2 Å². The molecule has 244 valence electrons. The van der Waals surface area contributed by atoms with Crippen molar-refractivity contribution in [3.8, 4) is 11.1 Å². The van der Waals surface area contributed by atoms with Crippen LogP contribution in [0, 0.1) is 0 Å². The molecule has 1 aliphatic heterocycles. The van der Waals surface area contributed by atoms with E-state index in [0.717, 1.165) is 77.5 Å². The van der Waals surface area contributed by atoms with E-state index < -0.39 is 6.17 Å². The maximum Gasteiger partial charge on any atom is 0.160 e. The van der Waals surface area contributed by atoms with Gasteiger partial charge in [0.25, 0.3) is 0 Å². The van der Waals surface area contributed by atoms with Crippen LogP contribution in [0.25, 0.3) is 76.5 Å². The quantitative estimate of drug-likeness (QED) is 0.190. The first-order valence-electron chi connectivity index (χ1n) is 17.5. The smallest absolute Gasteiger partial charge is 0.160 e. The predicted octanol–water partition coefficient (Wildman–Crippen LogP) is 12.0. The summed E-state index contributed by atoms with van der Waals surface area (Å²) in [5.41, 5.74) is 8.33. The third kappa shape index (κ3) is 4.42. The zero-order chi connectivity index (χ0) is 34.2. The summed E-state index contributed by atoms with van der Waals surface area (Å²) in [7, 11) is 0. The second kappa shape index (κ2) is 11.3. The van der Waals surface area contributed by atoms with Crippen LogP contribution in [0.1, 0.15) is 22.9 Å². The molecule has 1 unspecified atom stereocenters. The molecule has 3 heterocycles. The maximum absolute atomic E-state index is 6.49. The van der Waals surface area contributed by atoms with E-state index in [1.54, 1.807) is 0 Å². The molecule has 0 radical (unpaired) electrons. The number of furan rings is 2. The third-order valence-corrected chi connectivity index (χ3v) is 10.3. The van der Waals surface area contributed by atoms with E-state index >= 15 is 0 Å². The lowest BCUT2D eigenvalue weighted by molar-refractivity contribution is 0.668. The fourth-order valence-corrected chi connectivity index (χ4v) is 7.95. The highest BCUT2D eigenvalue weighted by molar-refractivity contribution is 6.26. The Hall–Kier alpha value is -6.98. The minimum atomic E-state index is -0.398. The van der Waals surface area contributed by atoms with Crippen LogP contribution in [-0.2, 0) is 0 Å². The van der Waals surface area contributed by atoms with Gasteiger partial charge >= 0.3 is 0 Å². The van der Waals surface area contributed by atoms with Crippen molar-refractivity contribution < 1.29 is 8.83 Å². The minimum absolute atomic E-state index is 0.398. The summed E-state index contributed by atoms with van der Waals surface area (Å²) in [5.74, 6) is 1.40. The zero-order valence-corrected chi connectivity index (χ0v) is 27.9. The minimum Gasteiger partial charge on any atom is -0.456 e. The van der Waals surface area contributed by atoms with E-state index in [1.165, 1.54) is 21.5 Å². The second-order valence-electron chi connectivity index (χ2n) is 13.3. The van der Waals surface area contributed by atoms with Crippen molar-refractivity contribution in [2.75, 3.05) is 0 Å². The highest BCUT2D eigenvalue weighted by Gasteiger charge is 2.27. The van der Waals surface area contributed by atoms with Crippen molar-refractivity contribution in [2.24, 2.45) is 9.98 Å². The summed E-state index contributed by atoms with van der Waals surface area (Å²) in [4.78, 5) is 10.8. The van der Waals surface area contributed by atoms with Crippen molar-refractivity contribution in [2.45, 2.75) is 6.17 Å². The van der Waals surface area contributed by atoms with Crippen LogP contribution in [0.2, 0.25) is 0 Å². The Balaban J connectivity index is 1.20. The average molecular weight is 668 g/mol. The summed E-state index contributed by atoms with van der Waals surface area (Å²) in [6, 6.07) is 56.8. The monoisotopic (exact) mass is 667 g/mol. The van der Waals surface area contributed by atoms with E-state index in [2.05, 4.69) is 121 Å². The molecule has 0 amide bonds. The van der Waals surface area contributed by atoms with Crippen LogP contribution in [0.5, 0.6) is 0 Å². The van der Waals surface area contributed by atoms with Crippen LogP contribution in [0.15, 0.2) is 183 Å². The van der Waals surface area contributed by atoms with Crippen molar-refractivity contribution in [1.82, 2.24) is 5.32 Å². The van der Waals surface area contributed by atoms with Crippen molar-refractivity contribution >= 4 is 77.1 Å². The van der Waals surface area contributed by atoms with Crippen LogP contribution in [0.3, 0.4) is 0 Å². The van der Waals surface area contributed by atoms with E-state index in [9.17, 15) is 0 Å². The van der Waals surface area contributed by atoms with Gasteiger partial charge in [0.05, 0.1) is 0 Å². The van der Waals surface area contributed by atoms with Gasteiger partial charge in [-0.1, -0.05) is 127 Å². The van der Waals surface area contributed by atoms with E-state index in [0.29, 0.717) is 5.84 Å². The number of nitrogens with zero attached hydrogens (tertiary/aromatic N) is 2. The first-order valence-corrected chi connectivity index (χ1v) is 17.5. The van der Waals surface area contributed by atoms with Gasteiger partial charge in [0, 0.05) is 32.7 Å². The molecule has 1 atom stereocenters. The number of hydrogen-bond acceptors (Lipinski definition) is 5. The molecular weight excluding hydrogens is 639 g/mol. The lowest BCUT2D eigenvalue weighted by Crippen LogP contribution is -2.33. The topological polar surface area (TPSA) is 63.0 Å². The highest BCUT2D eigenvalue weighted by Crippen LogP contribution is 2.43. The summed E-state index contributed by atoms with van der Waals surface area (Å²) < 4.78 is 12.9. The Kier molecular flexibility index (Phi) is 6.25. The SMILES string of the molecule is c1ccc(C2=NC(c3c(-c4cccc5oc6ccccc6c45)ccc4oc5ccccc5c34)=NC(c3ccc4c(ccc5ccccc54)c3)N2)cc1. The number of rotatable bonds is 4. The van der Waals surface area contributed by atoms with Gasteiger partial charge in [-0.3, -0.25) is 0 Å². The Labute approximate surface area is 298 Å². The van der Waals surface area contributed by atoms with E-state index in [1.807, 2.05) is 48.5 Å². The molecule has 0 fully saturated rings. The number of hydrogen-bond donors (Lipinski definition) is 1. The fourth-order valence-electron chi connectivity index (χ4n) is 7.95. The van der Waals surface area contributed by atoms with Crippen LogP contribution in [0.4, 0.5) is 0 Å². The molecule has 0 spiro atoms. The largest absolute Gasteiger partial charge is 0.456 e. The van der Waals surface area contributed by atoms with Gasteiger partial charge in [0.1, 0.15) is 34.3 Å². The predicted molar refractivity (Wildman–Crippen MR) is 213 cm³/mol. The zero-order valence-electron chi connectivity index (χ0n) is 27.9. The molecule has 2 aromatic heterocycles. The highest BCUT2D eigenvalue weighted by atomic mass is 16.3. The lowest BCUT2D eigenvalue weighted by atomic mass is 9.91. The number of fused-ring (bicyclic) bond motifs is 9. The molecule has 52 heavy (non-hydrogen) atoms. The average Bonchev–Trinajstić information content (AvgIpc) is 3.79. The Morgan fingerprint density at radius 2 is 1.12 bits per heavy atom. The standard InChI is InChI=1S/C47H29N3O2/c1-2-12-29(13-3-1)45-48-46(31-23-24-33-30(27-31)22-21-28-11-4-5-14-32(28)33)50-47(49-45)44-35(25-26-41-43(44)37-16-7-9-19-39(37)52-41)34-17-10-20-40-42(34)36-15-6-8-18-38(36)51-40/h1-27,46H,(H,48,49,50). The van der Waals surface area contributed by atoms with Crippen LogP contribution in [-0.4, -0.2) is 11.7 Å². The molecule has 11 rings (SSSR count). The van der Waals surface area contributed by atoms with Crippen molar-refractivity contribution in [3.63, 3.8) is 0 Å². The molecule has 1 N–H and O–H groups in total. The van der Waals surface area contributed by atoms with Gasteiger partial charge in [-0.2, -0.15) is 0 Å². The molecule has 0 saturated heterocycles. The van der Waals surface area contributed by atoms with Gasteiger partial charge in [-0.05, 0) is 74.6 Å². The lowest BCUT2D eigenvalue weighted by Gasteiger charge is -2.25. The Bertz CT molecular complexity index is 3110. The summed E-state index contributed by atoms with van der Waals surface area (Å²) in [6.45, 7) is 0. The number of nitrogens with one attached hydrogen (secondary N) is 1. The molecule has 1 aliphatic rings. The Morgan fingerprint density at radius 1 is 0.462 bits per heavy atom. The molecule has 0 aliphatic carbocycles. The fraction of sp³-hybridized carbons (Fsp3) is 0.0213. The summed E-state index contributed by atoms with van der Waals surface area (Å²) >= 11 is 0. The van der Waals surface area contributed by atoms with Gasteiger partial charge in [-0.15, -0.1) is 0 Å². The number of amidine groups is 2. The van der Waals surface area contributed by atoms with E-state index in [4.69, 9.17) is 18.8 Å². The third-order valence-electron chi connectivity index (χ3n) is 10.3. The normalized spacial score (nSPS) is 14.7. The van der Waals surface area contributed by atoms with Crippen LogP contribution < -0.4 is 5.32 Å². The van der Waals surface area contributed by atoms with Crippen molar-refractivity contribution in [1.29, 1.82) is 0 Å².